The van der Waals surface area contributed by atoms with E-state index in [4.69, 9.17) is 0 Å². The van der Waals surface area contributed by atoms with Crippen LogP contribution in [0.1, 0.15) is 51.9 Å². The third-order valence-electron chi connectivity index (χ3n) is 6.89. The summed E-state index contributed by atoms with van der Waals surface area (Å²) in [4.78, 5) is 28.6. The Balaban J connectivity index is 1.52. The standard InChI is InChI=1S/C26H32FN3O2/c1-16-5-4-6-19(18(16)3)15-30(21-9-10-21)26(32)23-14-28-12-11-24(23)29-25(31)22-13-20(27)8-7-17(22)2/h4-8,13,21,23-24,28H,9-12,14-15H2,1-3H3,(H,29,31). The van der Waals surface area contributed by atoms with Gasteiger partial charge in [-0.1, -0.05) is 24.3 Å². The van der Waals surface area contributed by atoms with Gasteiger partial charge in [0.1, 0.15) is 5.82 Å². The lowest BCUT2D eigenvalue weighted by Crippen LogP contribution is -2.55. The van der Waals surface area contributed by atoms with Crippen molar-refractivity contribution in [3.05, 3.63) is 70.0 Å². The van der Waals surface area contributed by atoms with E-state index in [1.54, 1.807) is 13.0 Å². The van der Waals surface area contributed by atoms with Crippen LogP contribution in [-0.2, 0) is 11.3 Å². The van der Waals surface area contributed by atoms with Crippen LogP contribution in [0.4, 0.5) is 4.39 Å². The van der Waals surface area contributed by atoms with E-state index in [0.29, 0.717) is 25.1 Å². The summed E-state index contributed by atoms with van der Waals surface area (Å²) in [5.74, 6) is -1.01. The van der Waals surface area contributed by atoms with E-state index in [1.807, 2.05) is 11.0 Å². The van der Waals surface area contributed by atoms with Crippen molar-refractivity contribution in [1.82, 2.24) is 15.5 Å². The second-order valence-corrected chi connectivity index (χ2v) is 9.19. The first kappa shape index (κ1) is 22.5. The first-order valence-corrected chi connectivity index (χ1v) is 11.5. The average Bonchev–Trinajstić information content (AvgIpc) is 3.61. The largest absolute Gasteiger partial charge is 0.348 e. The summed E-state index contributed by atoms with van der Waals surface area (Å²) in [6.07, 6.45) is 2.71. The molecule has 6 heteroatoms. The van der Waals surface area contributed by atoms with Gasteiger partial charge in [0.2, 0.25) is 5.91 Å². The molecule has 2 aromatic rings. The molecular formula is C26H32FN3O2. The number of halogens is 1. The molecule has 0 aromatic heterocycles. The van der Waals surface area contributed by atoms with Gasteiger partial charge in [0.15, 0.2) is 0 Å². The molecule has 1 saturated carbocycles. The van der Waals surface area contributed by atoms with Crippen LogP contribution in [0.3, 0.4) is 0 Å². The number of nitrogens with one attached hydrogen (secondary N) is 2. The molecule has 5 nitrogen and oxygen atoms in total. The van der Waals surface area contributed by atoms with Crippen LogP contribution in [0.15, 0.2) is 36.4 Å². The molecule has 2 atom stereocenters. The highest BCUT2D eigenvalue weighted by molar-refractivity contribution is 5.96. The first-order valence-electron chi connectivity index (χ1n) is 11.5. The van der Waals surface area contributed by atoms with Crippen molar-refractivity contribution >= 4 is 11.8 Å². The molecule has 2 aliphatic rings. The molecule has 2 unspecified atom stereocenters. The first-order chi connectivity index (χ1) is 15.3. The number of piperidine rings is 1. The molecule has 2 amide bonds. The number of rotatable bonds is 6. The fourth-order valence-corrected chi connectivity index (χ4v) is 4.53. The zero-order chi connectivity index (χ0) is 22.8. The average molecular weight is 438 g/mol. The molecule has 1 heterocycles. The minimum atomic E-state index is -0.438. The summed E-state index contributed by atoms with van der Waals surface area (Å²) in [5, 5.41) is 6.36. The van der Waals surface area contributed by atoms with Gasteiger partial charge in [-0.15, -0.1) is 0 Å². The molecule has 0 radical (unpaired) electrons. The predicted octanol–water partition coefficient (Wildman–Crippen LogP) is 3.65. The number of carbonyl (C=O) groups excluding carboxylic acids is 2. The summed E-state index contributed by atoms with van der Waals surface area (Å²) in [6.45, 7) is 7.84. The van der Waals surface area contributed by atoms with Crippen molar-refractivity contribution in [2.45, 2.75) is 58.7 Å². The molecular weight excluding hydrogens is 405 g/mol. The van der Waals surface area contributed by atoms with Gasteiger partial charge in [-0.2, -0.15) is 0 Å². The van der Waals surface area contributed by atoms with Crippen LogP contribution in [0.2, 0.25) is 0 Å². The van der Waals surface area contributed by atoms with Crippen molar-refractivity contribution < 1.29 is 14.0 Å². The predicted molar refractivity (Wildman–Crippen MR) is 123 cm³/mol. The normalized spacial score (nSPS) is 20.6. The molecule has 170 valence electrons. The highest BCUT2D eigenvalue weighted by atomic mass is 19.1. The Labute approximate surface area is 189 Å². The van der Waals surface area contributed by atoms with Crippen molar-refractivity contribution in [3.8, 4) is 0 Å². The quantitative estimate of drug-likeness (QED) is 0.725. The van der Waals surface area contributed by atoms with Gasteiger partial charge >= 0.3 is 0 Å². The van der Waals surface area contributed by atoms with Gasteiger partial charge in [0.05, 0.1) is 5.92 Å². The molecule has 1 saturated heterocycles. The van der Waals surface area contributed by atoms with Crippen molar-refractivity contribution in [2.24, 2.45) is 5.92 Å². The number of hydrogen-bond donors (Lipinski definition) is 2. The van der Waals surface area contributed by atoms with Gasteiger partial charge in [-0.25, -0.2) is 4.39 Å². The topological polar surface area (TPSA) is 61.4 Å². The summed E-state index contributed by atoms with van der Waals surface area (Å²) in [6, 6.07) is 10.4. The number of nitrogens with zero attached hydrogens (tertiary/aromatic N) is 1. The van der Waals surface area contributed by atoms with Crippen LogP contribution in [0.25, 0.3) is 0 Å². The Bertz CT molecular complexity index is 1020. The zero-order valence-corrected chi connectivity index (χ0v) is 19.1. The van der Waals surface area contributed by atoms with Crippen LogP contribution in [0, 0.1) is 32.5 Å². The molecule has 0 bridgehead atoms. The Morgan fingerprint density at radius 2 is 1.88 bits per heavy atom. The Kier molecular flexibility index (Phi) is 6.60. The lowest BCUT2D eigenvalue weighted by Gasteiger charge is -2.36. The van der Waals surface area contributed by atoms with E-state index in [9.17, 15) is 14.0 Å². The fourth-order valence-electron chi connectivity index (χ4n) is 4.53. The third-order valence-corrected chi connectivity index (χ3v) is 6.89. The summed E-state index contributed by atoms with van der Waals surface area (Å²) in [7, 11) is 0. The van der Waals surface area contributed by atoms with Crippen molar-refractivity contribution in [2.75, 3.05) is 13.1 Å². The minimum absolute atomic E-state index is 0.0851. The lowest BCUT2D eigenvalue weighted by molar-refractivity contribution is -0.138. The van der Waals surface area contributed by atoms with E-state index < -0.39 is 5.82 Å². The van der Waals surface area contributed by atoms with Gasteiger partial charge in [-0.05, 0) is 81.0 Å². The molecule has 1 aliphatic carbocycles. The van der Waals surface area contributed by atoms with Gasteiger partial charge in [0, 0.05) is 30.7 Å². The van der Waals surface area contributed by atoms with Gasteiger partial charge < -0.3 is 15.5 Å². The van der Waals surface area contributed by atoms with Crippen LogP contribution < -0.4 is 10.6 Å². The SMILES string of the molecule is Cc1ccc(F)cc1C(=O)NC1CCNCC1C(=O)N(Cc1cccc(C)c1C)C1CC1. The van der Waals surface area contributed by atoms with E-state index in [1.165, 1.54) is 28.8 Å². The van der Waals surface area contributed by atoms with E-state index in [-0.39, 0.29) is 29.8 Å². The molecule has 32 heavy (non-hydrogen) atoms. The highest BCUT2D eigenvalue weighted by Gasteiger charge is 2.40. The number of amides is 2. The Hall–Kier alpha value is -2.73. The molecule has 1 aliphatic heterocycles. The number of benzene rings is 2. The summed E-state index contributed by atoms with van der Waals surface area (Å²) in [5.41, 5.74) is 4.66. The monoisotopic (exact) mass is 437 g/mol. The summed E-state index contributed by atoms with van der Waals surface area (Å²) < 4.78 is 13.7. The Morgan fingerprint density at radius 1 is 1.09 bits per heavy atom. The smallest absolute Gasteiger partial charge is 0.251 e. The third kappa shape index (κ3) is 4.85. The molecule has 2 aromatic carbocycles. The molecule has 0 spiro atoms. The minimum Gasteiger partial charge on any atom is -0.348 e. The van der Waals surface area contributed by atoms with Crippen LogP contribution in [-0.4, -0.2) is 41.9 Å². The second-order valence-electron chi connectivity index (χ2n) is 9.19. The number of carbonyl (C=O) groups is 2. The highest BCUT2D eigenvalue weighted by Crippen LogP contribution is 2.32. The van der Waals surface area contributed by atoms with E-state index in [0.717, 1.165) is 24.9 Å². The van der Waals surface area contributed by atoms with Gasteiger partial charge in [-0.3, -0.25) is 9.59 Å². The molecule has 4 rings (SSSR count). The number of hydrogen-bond acceptors (Lipinski definition) is 3. The second kappa shape index (κ2) is 9.41. The maximum absolute atomic E-state index is 13.7. The molecule has 2 N–H and O–H groups in total. The van der Waals surface area contributed by atoms with E-state index in [2.05, 4.69) is 36.6 Å². The molecule has 2 fully saturated rings. The van der Waals surface area contributed by atoms with Crippen molar-refractivity contribution in [1.29, 1.82) is 0 Å². The van der Waals surface area contributed by atoms with Crippen molar-refractivity contribution in [3.63, 3.8) is 0 Å². The Morgan fingerprint density at radius 3 is 2.62 bits per heavy atom. The van der Waals surface area contributed by atoms with Crippen LogP contribution in [0.5, 0.6) is 0 Å². The maximum atomic E-state index is 13.7. The maximum Gasteiger partial charge on any atom is 0.251 e. The fraction of sp³-hybridized carbons (Fsp3) is 0.462. The van der Waals surface area contributed by atoms with Crippen LogP contribution >= 0.6 is 0 Å². The van der Waals surface area contributed by atoms with E-state index >= 15 is 0 Å². The van der Waals surface area contributed by atoms with Gasteiger partial charge in [0.25, 0.3) is 5.91 Å². The zero-order valence-electron chi connectivity index (χ0n) is 19.1. The lowest BCUT2D eigenvalue weighted by atomic mass is 9.91. The summed E-state index contributed by atoms with van der Waals surface area (Å²) >= 11 is 0. The number of aryl methyl sites for hydroxylation is 2.